The van der Waals surface area contributed by atoms with Crippen LogP contribution in [0.4, 0.5) is 0 Å². The lowest BCUT2D eigenvalue weighted by atomic mass is 10.0. The summed E-state index contributed by atoms with van der Waals surface area (Å²) in [5, 5.41) is 3.04. The van der Waals surface area contributed by atoms with Gasteiger partial charge in [0, 0.05) is 44.4 Å². The van der Waals surface area contributed by atoms with Crippen molar-refractivity contribution in [3.8, 4) is 0 Å². The molecule has 1 saturated heterocycles. The standard InChI is InChI=1S/C18H26N6O/c1-23-9-11-24(12-10-23)17(25)6-5-14-3-2-4-15(13-14)18(20)21-8-7-16(19)22-18/h2-4,7-8,13,21H,5-6,9-12,20H2,1H3,(H2,19,22). The number of aryl methyl sites for hydroxylation is 1. The number of nitrogens with two attached hydrogens (primary N) is 2. The lowest BCUT2D eigenvalue weighted by Crippen LogP contribution is -2.49. The van der Waals surface area contributed by atoms with Crippen LogP contribution in [0.25, 0.3) is 0 Å². The monoisotopic (exact) mass is 342 g/mol. The van der Waals surface area contributed by atoms with Gasteiger partial charge >= 0.3 is 0 Å². The van der Waals surface area contributed by atoms with E-state index in [0.717, 1.165) is 37.3 Å². The number of carbonyl (C=O) groups excluding carboxylic acids is 1. The number of carbonyl (C=O) groups is 1. The lowest BCUT2D eigenvalue weighted by Gasteiger charge is -2.32. The first-order valence-electron chi connectivity index (χ1n) is 8.60. The van der Waals surface area contributed by atoms with Crippen molar-refractivity contribution in [3.05, 3.63) is 47.7 Å². The van der Waals surface area contributed by atoms with Crippen LogP contribution >= 0.6 is 0 Å². The smallest absolute Gasteiger partial charge is 0.222 e. The summed E-state index contributed by atoms with van der Waals surface area (Å²) in [4.78, 5) is 20.9. The quantitative estimate of drug-likeness (QED) is 0.712. The molecule has 1 fully saturated rings. The van der Waals surface area contributed by atoms with Crippen LogP contribution in [0.1, 0.15) is 17.5 Å². The minimum Gasteiger partial charge on any atom is -0.384 e. The molecule has 0 aliphatic carbocycles. The van der Waals surface area contributed by atoms with Gasteiger partial charge in [0.05, 0.1) is 0 Å². The molecule has 2 heterocycles. The zero-order valence-corrected chi connectivity index (χ0v) is 14.6. The minimum absolute atomic E-state index is 0.210. The summed E-state index contributed by atoms with van der Waals surface area (Å²) < 4.78 is 0. The Hall–Kier alpha value is -2.38. The van der Waals surface area contributed by atoms with Crippen LogP contribution in [-0.2, 0) is 17.0 Å². The van der Waals surface area contributed by atoms with Crippen molar-refractivity contribution in [2.45, 2.75) is 18.6 Å². The van der Waals surface area contributed by atoms with E-state index in [9.17, 15) is 4.79 Å². The molecule has 0 bridgehead atoms. The highest BCUT2D eigenvalue weighted by Crippen LogP contribution is 2.21. The predicted octanol–water partition coefficient (Wildman–Crippen LogP) is -0.0637. The molecule has 1 amide bonds. The maximum Gasteiger partial charge on any atom is 0.222 e. The van der Waals surface area contributed by atoms with Crippen LogP contribution in [0.3, 0.4) is 0 Å². The Kier molecular flexibility index (Phi) is 5.06. The van der Waals surface area contributed by atoms with Gasteiger partial charge in [0.2, 0.25) is 11.7 Å². The summed E-state index contributed by atoms with van der Waals surface area (Å²) in [6.45, 7) is 3.50. The SMILES string of the molecule is CN1CCN(C(=O)CCc2cccc(C3(N)N=C(N)C=CN3)c2)CC1. The van der Waals surface area contributed by atoms with E-state index in [-0.39, 0.29) is 5.91 Å². The van der Waals surface area contributed by atoms with Crippen molar-refractivity contribution in [2.75, 3.05) is 33.2 Å². The molecular weight excluding hydrogens is 316 g/mol. The van der Waals surface area contributed by atoms with Crippen molar-refractivity contribution in [1.29, 1.82) is 0 Å². The third-order valence-electron chi connectivity index (χ3n) is 4.71. The summed E-state index contributed by atoms with van der Waals surface area (Å²) >= 11 is 0. The van der Waals surface area contributed by atoms with E-state index in [2.05, 4.69) is 22.3 Å². The van der Waals surface area contributed by atoms with E-state index >= 15 is 0 Å². The summed E-state index contributed by atoms with van der Waals surface area (Å²) in [5.41, 5.74) is 14.0. The van der Waals surface area contributed by atoms with Gasteiger partial charge in [-0.15, -0.1) is 0 Å². The molecule has 3 rings (SSSR count). The fraction of sp³-hybridized carbons (Fsp3) is 0.444. The van der Waals surface area contributed by atoms with E-state index < -0.39 is 5.79 Å². The molecule has 5 N–H and O–H groups in total. The maximum absolute atomic E-state index is 12.4. The number of hydrogen-bond acceptors (Lipinski definition) is 6. The van der Waals surface area contributed by atoms with Gasteiger partial charge in [-0.1, -0.05) is 24.3 Å². The summed E-state index contributed by atoms with van der Waals surface area (Å²) in [5.74, 6) is -0.463. The second-order valence-electron chi connectivity index (χ2n) is 6.67. The van der Waals surface area contributed by atoms with Crippen molar-refractivity contribution in [2.24, 2.45) is 16.5 Å². The van der Waals surface area contributed by atoms with Gasteiger partial charge in [0.1, 0.15) is 5.84 Å². The zero-order valence-electron chi connectivity index (χ0n) is 14.6. The molecule has 7 nitrogen and oxygen atoms in total. The Bertz CT molecular complexity index is 693. The Morgan fingerprint density at radius 3 is 2.80 bits per heavy atom. The van der Waals surface area contributed by atoms with Gasteiger partial charge in [-0.2, -0.15) is 0 Å². The topological polar surface area (TPSA) is 100.0 Å². The second-order valence-corrected chi connectivity index (χ2v) is 6.67. The van der Waals surface area contributed by atoms with E-state index in [1.165, 1.54) is 0 Å². The van der Waals surface area contributed by atoms with Gasteiger partial charge in [-0.25, -0.2) is 4.99 Å². The van der Waals surface area contributed by atoms with E-state index in [4.69, 9.17) is 11.5 Å². The number of nitrogens with zero attached hydrogens (tertiary/aromatic N) is 3. The van der Waals surface area contributed by atoms with Crippen molar-refractivity contribution in [3.63, 3.8) is 0 Å². The van der Waals surface area contributed by atoms with Crippen molar-refractivity contribution in [1.82, 2.24) is 15.1 Å². The van der Waals surface area contributed by atoms with Crippen molar-refractivity contribution < 1.29 is 4.79 Å². The van der Waals surface area contributed by atoms with Gasteiger partial charge in [0.15, 0.2) is 0 Å². The number of nitrogens with one attached hydrogen (secondary N) is 1. The number of amidine groups is 1. The summed E-state index contributed by atoms with van der Waals surface area (Å²) in [6, 6.07) is 7.84. The first-order valence-corrected chi connectivity index (χ1v) is 8.60. The number of hydrogen-bond donors (Lipinski definition) is 3. The molecular formula is C18H26N6O. The fourth-order valence-corrected chi connectivity index (χ4v) is 3.10. The first kappa shape index (κ1) is 17.4. The molecule has 1 aromatic carbocycles. The van der Waals surface area contributed by atoms with E-state index in [0.29, 0.717) is 18.7 Å². The number of rotatable bonds is 4. The zero-order chi connectivity index (χ0) is 17.9. The molecule has 1 atom stereocenters. The summed E-state index contributed by atoms with van der Waals surface area (Å²) in [6.07, 6.45) is 4.56. The molecule has 0 aromatic heterocycles. The normalized spacial score (nSPS) is 23.9. The van der Waals surface area contributed by atoms with Crippen LogP contribution < -0.4 is 16.8 Å². The minimum atomic E-state index is -1.06. The Labute approximate surface area is 148 Å². The molecule has 0 saturated carbocycles. The number of amides is 1. The van der Waals surface area contributed by atoms with Crippen LogP contribution in [0.5, 0.6) is 0 Å². The molecule has 1 unspecified atom stereocenters. The molecule has 134 valence electrons. The molecule has 0 radical (unpaired) electrons. The average molecular weight is 342 g/mol. The largest absolute Gasteiger partial charge is 0.384 e. The Morgan fingerprint density at radius 2 is 2.08 bits per heavy atom. The summed E-state index contributed by atoms with van der Waals surface area (Å²) in [7, 11) is 2.08. The van der Waals surface area contributed by atoms with Crippen LogP contribution in [0.15, 0.2) is 41.5 Å². The highest BCUT2D eigenvalue weighted by atomic mass is 16.2. The second kappa shape index (κ2) is 7.25. The van der Waals surface area contributed by atoms with Crippen LogP contribution in [-0.4, -0.2) is 54.8 Å². The van der Waals surface area contributed by atoms with Gasteiger partial charge in [-0.05, 0) is 25.1 Å². The maximum atomic E-state index is 12.4. The van der Waals surface area contributed by atoms with Gasteiger partial charge in [0.25, 0.3) is 0 Å². The number of benzene rings is 1. The average Bonchev–Trinajstić information content (AvgIpc) is 2.60. The highest BCUT2D eigenvalue weighted by molar-refractivity contribution is 5.92. The molecule has 2 aliphatic rings. The third kappa shape index (κ3) is 4.18. The van der Waals surface area contributed by atoms with E-state index in [1.807, 2.05) is 29.2 Å². The number of aliphatic imine (C=N–C) groups is 1. The Balaban J connectivity index is 1.62. The fourth-order valence-electron chi connectivity index (χ4n) is 3.10. The predicted molar refractivity (Wildman–Crippen MR) is 98.6 cm³/mol. The van der Waals surface area contributed by atoms with Crippen LogP contribution in [0, 0.1) is 0 Å². The lowest BCUT2D eigenvalue weighted by molar-refractivity contribution is -0.132. The van der Waals surface area contributed by atoms with Crippen LogP contribution in [0.2, 0.25) is 0 Å². The number of piperazine rings is 1. The van der Waals surface area contributed by atoms with Gasteiger partial charge < -0.3 is 20.9 Å². The highest BCUT2D eigenvalue weighted by Gasteiger charge is 2.27. The number of likely N-dealkylation sites (N-methyl/N-ethyl adjacent to an activating group) is 1. The van der Waals surface area contributed by atoms with E-state index in [1.54, 1.807) is 12.3 Å². The first-order chi connectivity index (χ1) is 12.0. The third-order valence-corrected chi connectivity index (χ3v) is 4.71. The molecule has 7 heteroatoms. The molecule has 0 spiro atoms. The van der Waals surface area contributed by atoms with Crippen molar-refractivity contribution >= 4 is 11.7 Å². The molecule has 1 aromatic rings. The molecule has 25 heavy (non-hydrogen) atoms. The molecule has 2 aliphatic heterocycles. The van der Waals surface area contributed by atoms with Gasteiger partial charge in [-0.3, -0.25) is 10.5 Å². The Morgan fingerprint density at radius 1 is 1.32 bits per heavy atom.